The summed E-state index contributed by atoms with van der Waals surface area (Å²) in [6.07, 6.45) is 4.01. The summed E-state index contributed by atoms with van der Waals surface area (Å²) in [5.41, 5.74) is -0.457. The Morgan fingerprint density at radius 3 is 2.35 bits per heavy atom. The molecule has 2 N–H and O–H groups in total. The number of carboxylic acids is 1. The number of carboxylic acid groups (broad SMARTS) is 1. The number of carbonyl (C=O) groups is 2. The summed E-state index contributed by atoms with van der Waals surface area (Å²) in [5.74, 6) is -1.25. The molecule has 0 aromatic carbocycles. The second-order valence-corrected chi connectivity index (χ2v) is 5.33. The van der Waals surface area contributed by atoms with Crippen molar-refractivity contribution < 1.29 is 14.7 Å². The van der Waals surface area contributed by atoms with Crippen LogP contribution in [0.25, 0.3) is 0 Å². The number of hydrogen-bond donors (Lipinski definition) is 2. The second kappa shape index (κ2) is 7.30. The Hall–Kier alpha value is -1.06. The molecule has 17 heavy (non-hydrogen) atoms. The van der Waals surface area contributed by atoms with E-state index in [1.54, 1.807) is 6.92 Å². The molecule has 0 radical (unpaired) electrons. The number of hydrogen-bond acceptors (Lipinski definition) is 2. The molecule has 4 nitrogen and oxygen atoms in total. The summed E-state index contributed by atoms with van der Waals surface area (Å²) in [7, 11) is 0. The Balaban J connectivity index is 4.06. The van der Waals surface area contributed by atoms with Crippen LogP contribution >= 0.6 is 0 Å². The van der Waals surface area contributed by atoms with Crippen LogP contribution in [0.1, 0.15) is 59.8 Å². The van der Waals surface area contributed by atoms with E-state index >= 15 is 0 Å². The van der Waals surface area contributed by atoms with Crippen LogP contribution in [0.2, 0.25) is 0 Å². The van der Waals surface area contributed by atoms with Gasteiger partial charge in [-0.15, -0.1) is 0 Å². The molecule has 0 aromatic heterocycles. The second-order valence-electron chi connectivity index (χ2n) is 5.33. The standard InChI is InChI=1S/C13H25NO3/c1-5-6-7-8-11(15)14-13(3,4)9-10(2)12(16)17/h10H,5-9H2,1-4H3,(H,14,15)(H,16,17). The van der Waals surface area contributed by atoms with Gasteiger partial charge in [-0.3, -0.25) is 9.59 Å². The lowest BCUT2D eigenvalue weighted by atomic mass is 9.91. The van der Waals surface area contributed by atoms with Gasteiger partial charge in [-0.1, -0.05) is 26.7 Å². The maximum Gasteiger partial charge on any atom is 0.306 e. The molecule has 0 bridgehead atoms. The van der Waals surface area contributed by atoms with Gasteiger partial charge in [0, 0.05) is 12.0 Å². The minimum atomic E-state index is -0.821. The lowest BCUT2D eigenvalue weighted by molar-refractivity contribution is -0.142. The zero-order valence-electron chi connectivity index (χ0n) is 11.4. The molecule has 0 saturated heterocycles. The van der Waals surface area contributed by atoms with Gasteiger partial charge in [-0.25, -0.2) is 0 Å². The Labute approximate surface area is 104 Å². The largest absolute Gasteiger partial charge is 0.481 e. The number of rotatable bonds is 8. The van der Waals surface area contributed by atoms with Gasteiger partial charge < -0.3 is 10.4 Å². The van der Waals surface area contributed by atoms with Crippen molar-refractivity contribution in [1.29, 1.82) is 0 Å². The van der Waals surface area contributed by atoms with E-state index in [1.807, 2.05) is 13.8 Å². The average Bonchev–Trinajstić information content (AvgIpc) is 2.16. The van der Waals surface area contributed by atoms with Crippen molar-refractivity contribution in [2.45, 2.75) is 65.3 Å². The molecule has 0 aliphatic heterocycles. The predicted molar refractivity (Wildman–Crippen MR) is 67.8 cm³/mol. The summed E-state index contributed by atoms with van der Waals surface area (Å²) in [6.45, 7) is 7.48. The Bertz CT molecular complexity index is 261. The van der Waals surface area contributed by atoms with E-state index in [-0.39, 0.29) is 5.91 Å². The third-order valence-electron chi connectivity index (χ3n) is 2.72. The number of aliphatic carboxylic acids is 1. The molecular formula is C13H25NO3. The first-order valence-electron chi connectivity index (χ1n) is 6.32. The van der Waals surface area contributed by atoms with E-state index in [2.05, 4.69) is 12.2 Å². The van der Waals surface area contributed by atoms with Crippen molar-refractivity contribution in [3.05, 3.63) is 0 Å². The van der Waals surface area contributed by atoms with E-state index in [4.69, 9.17) is 5.11 Å². The predicted octanol–water partition coefficient (Wildman–Crippen LogP) is 2.57. The van der Waals surface area contributed by atoms with Crippen LogP contribution in [-0.4, -0.2) is 22.5 Å². The van der Waals surface area contributed by atoms with Gasteiger partial charge in [0.05, 0.1) is 5.92 Å². The fourth-order valence-electron chi connectivity index (χ4n) is 1.88. The van der Waals surface area contributed by atoms with Gasteiger partial charge in [0.1, 0.15) is 0 Å². The van der Waals surface area contributed by atoms with Crippen LogP contribution in [0.5, 0.6) is 0 Å². The molecule has 0 rings (SSSR count). The first-order chi connectivity index (χ1) is 7.78. The molecule has 4 heteroatoms. The minimum absolute atomic E-state index is 0.0149. The molecule has 0 aromatic rings. The molecule has 1 atom stereocenters. The van der Waals surface area contributed by atoms with Gasteiger partial charge in [0.15, 0.2) is 0 Å². The van der Waals surface area contributed by atoms with Crippen LogP contribution in [0.4, 0.5) is 0 Å². The zero-order valence-corrected chi connectivity index (χ0v) is 11.4. The van der Waals surface area contributed by atoms with Crippen molar-refractivity contribution in [1.82, 2.24) is 5.32 Å². The summed E-state index contributed by atoms with van der Waals surface area (Å²) in [5, 5.41) is 11.7. The first kappa shape index (κ1) is 15.9. The number of amides is 1. The highest BCUT2D eigenvalue weighted by Crippen LogP contribution is 2.16. The molecule has 1 amide bonds. The minimum Gasteiger partial charge on any atom is -0.481 e. The maximum atomic E-state index is 11.6. The van der Waals surface area contributed by atoms with Gasteiger partial charge in [-0.2, -0.15) is 0 Å². The lowest BCUT2D eigenvalue weighted by Crippen LogP contribution is -2.45. The fraction of sp³-hybridized carbons (Fsp3) is 0.846. The maximum absolute atomic E-state index is 11.6. The van der Waals surface area contributed by atoms with E-state index in [1.165, 1.54) is 0 Å². The first-order valence-corrected chi connectivity index (χ1v) is 6.32. The molecule has 0 saturated carbocycles. The highest BCUT2D eigenvalue weighted by atomic mass is 16.4. The van der Waals surface area contributed by atoms with Crippen LogP contribution in [0, 0.1) is 5.92 Å². The zero-order chi connectivity index (χ0) is 13.5. The normalized spacial score (nSPS) is 13.2. The van der Waals surface area contributed by atoms with Crippen LogP contribution < -0.4 is 5.32 Å². The smallest absolute Gasteiger partial charge is 0.306 e. The van der Waals surface area contributed by atoms with Crippen molar-refractivity contribution >= 4 is 11.9 Å². The van der Waals surface area contributed by atoms with E-state index in [9.17, 15) is 9.59 Å². The SMILES string of the molecule is CCCCCC(=O)NC(C)(C)CC(C)C(=O)O. The molecular weight excluding hydrogens is 218 g/mol. The van der Waals surface area contributed by atoms with Crippen LogP contribution in [0.15, 0.2) is 0 Å². The topological polar surface area (TPSA) is 66.4 Å². The number of unbranched alkanes of at least 4 members (excludes halogenated alkanes) is 2. The summed E-state index contributed by atoms with van der Waals surface area (Å²) >= 11 is 0. The Morgan fingerprint density at radius 1 is 1.29 bits per heavy atom. The highest BCUT2D eigenvalue weighted by Gasteiger charge is 2.25. The van der Waals surface area contributed by atoms with Crippen LogP contribution in [-0.2, 0) is 9.59 Å². The number of carbonyl (C=O) groups excluding carboxylic acids is 1. The quantitative estimate of drug-likeness (QED) is 0.644. The third kappa shape index (κ3) is 7.77. The summed E-state index contributed by atoms with van der Waals surface area (Å²) < 4.78 is 0. The summed E-state index contributed by atoms with van der Waals surface area (Å²) in [4.78, 5) is 22.4. The molecule has 0 spiro atoms. The molecule has 0 heterocycles. The van der Waals surface area contributed by atoms with Gasteiger partial charge >= 0.3 is 5.97 Å². The summed E-state index contributed by atoms with van der Waals surface area (Å²) in [6, 6.07) is 0. The monoisotopic (exact) mass is 243 g/mol. The van der Waals surface area contributed by atoms with E-state index < -0.39 is 17.4 Å². The average molecular weight is 243 g/mol. The third-order valence-corrected chi connectivity index (χ3v) is 2.72. The van der Waals surface area contributed by atoms with E-state index in [0.29, 0.717) is 12.8 Å². The Kier molecular flexibility index (Phi) is 6.85. The molecule has 1 unspecified atom stereocenters. The van der Waals surface area contributed by atoms with Crippen LogP contribution in [0.3, 0.4) is 0 Å². The lowest BCUT2D eigenvalue weighted by Gasteiger charge is -2.28. The highest BCUT2D eigenvalue weighted by molar-refractivity contribution is 5.77. The molecule has 0 aliphatic rings. The van der Waals surface area contributed by atoms with E-state index in [0.717, 1.165) is 19.3 Å². The fourth-order valence-corrected chi connectivity index (χ4v) is 1.88. The van der Waals surface area contributed by atoms with Gasteiger partial charge in [-0.05, 0) is 26.7 Å². The number of nitrogens with one attached hydrogen (secondary N) is 1. The van der Waals surface area contributed by atoms with Crippen molar-refractivity contribution in [3.8, 4) is 0 Å². The molecule has 100 valence electrons. The van der Waals surface area contributed by atoms with Crippen molar-refractivity contribution in [2.24, 2.45) is 5.92 Å². The van der Waals surface area contributed by atoms with Crippen molar-refractivity contribution in [2.75, 3.05) is 0 Å². The Morgan fingerprint density at radius 2 is 1.88 bits per heavy atom. The molecule has 0 aliphatic carbocycles. The van der Waals surface area contributed by atoms with Crippen molar-refractivity contribution in [3.63, 3.8) is 0 Å². The molecule has 0 fully saturated rings. The van der Waals surface area contributed by atoms with Gasteiger partial charge in [0.2, 0.25) is 5.91 Å². The van der Waals surface area contributed by atoms with Gasteiger partial charge in [0.25, 0.3) is 0 Å².